The first-order valence-corrected chi connectivity index (χ1v) is 17.4. The Hall–Kier alpha value is -0.400. The first-order chi connectivity index (χ1) is 20.3. The Morgan fingerprint density at radius 1 is 0.512 bits per heavy atom. The van der Waals surface area contributed by atoms with Crippen LogP contribution in [0.15, 0.2) is 24.3 Å². The third kappa shape index (κ3) is 46.1. The van der Waals surface area contributed by atoms with E-state index in [4.69, 9.17) is 0 Å². The molecule has 6 nitrogen and oxygen atoms in total. The Morgan fingerprint density at radius 2 is 0.837 bits per heavy atom. The Balaban J connectivity index is -0.000000727. The van der Waals surface area contributed by atoms with E-state index in [0.29, 0.717) is 0 Å². The Labute approximate surface area is 295 Å². The van der Waals surface area contributed by atoms with Crippen molar-refractivity contribution in [3.63, 3.8) is 0 Å². The van der Waals surface area contributed by atoms with Crippen molar-refractivity contribution in [2.24, 2.45) is 0 Å². The summed E-state index contributed by atoms with van der Waals surface area (Å²) >= 11 is 0. The fraction of sp³-hybridized carbons (Fsp3) is 0.833. The Morgan fingerprint density at radius 3 is 1.19 bits per heavy atom. The molecule has 7 heteroatoms. The first-order valence-electron chi connectivity index (χ1n) is 17.4. The van der Waals surface area contributed by atoms with E-state index >= 15 is 0 Å². The number of carboxylic acids is 2. The van der Waals surface area contributed by atoms with Gasteiger partial charge in [0.25, 0.3) is 0 Å². The molecule has 0 aromatic carbocycles. The fourth-order valence-corrected chi connectivity index (χ4v) is 4.72. The molecule has 0 aromatic rings. The topological polar surface area (TPSA) is 121 Å². The van der Waals surface area contributed by atoms with Crippen LogP contribution in [-0.2, 0) is 9.59 Å². The van der Waals surface area contributed by atoms with Crippen molar-refractivity contribution < 1.29 is 30.0 Å². The minimum Gasteiger partial charge on any atom is -0.550 e. The summed E-state index contributed by atoms with van der Waals surface area (Å²) in [4.78, 5) is 20.4. The normalized spacial score (nSPS) is 12.6. The van der Waals surface area contributed by atoms with E-state index in [9.17, 15) is 30.0 Å². The van der Waals surface area contributed by atoms with Crippen LogP contribution < -0.4 is 10.2 Å². The predicted molar refractivity (Wildman–Crippen MR) is 177 cm³/mol. The van der Waals surface area contributed by atoms with Crippen LogP contribution >= 0.6 is 0 Å². The van der Waals surface area contributed by atoms with Crippen molar-refractivity contribution >= 4 is 49.7 Å². The van der Waals surface area contributed by atoms with E-state index in [0.717, 1.165) is 116 Å². The molecule has 0 aliphatic heterocycles. The Bertz CT molecular complexity index is 583. The molecule has 43 heavy (non-hydrogen) atoms. The number of hydrogen-bond acceptors (Lipinski definition) is 6. The van der Waals surface area contributed by atoms with Gasteiger partial charge in [-0.05, 0) is 77.0 Å². The number of aliphatic hydroxyl groups is 2. The molecule has 0 amide bonds. The van der Waals surface area contributed by atoms with Gasteiger partial charge in [-0.25, -0.2) is 0 Å². The molecule has 0 aliphatic carbocycles. The molecular weight excluding hydrogens is 568 g/mol. The van der Waals surface area contributed by atoms with E-state index in [1.54, 1.807) is 0 Å². The average Bonchev–Trinajstić information content (AvgIpc) is 2.95. The molecule has 2 N–H and O–H groups in total. The maximum absolute atomic E-state index is 10.2. The molecule has 0 fully saturated rings. The van der Waals surface area contributed by atoms with Crippen molar-refractivity contribution in [1.29, 1.82) is 0 Å². The molecular formula is C36H66CaO6. The number of aliphatic carboxylic acids is 2. The van der Waals surface area contributed by atoms with Gasteiger partial charge in [0.2, 0.25) is 0 Å². The van der Waals surface area contributed by atoms with E-state index in [2.05, 4.69) is 38.2 Å². The summed E-state index contributed by atoms with van der Waals surface area (Å²) in [5.74, 6) is -1.88. The molecule has 0 saturated carbocycles. The summed E-state index contributed by atoms with van der Waals surface area (Å²) in [6, 6.07) is 0. The standard InChI is InChI=1S/2C18H34O3.Ca/c2*1-2-3-4-11-14-17(19)15-12-9-7-5-6-8-10-13-16-18(20)21;/h2*9,12,17,19H,2-8,10-11,13-16H2,1H3,(H,20,21);/q;;+2/p-2/b2*12-9-;. The summed E-state index contributed by atoms with van der Waals surface area (Å²) < 4.78 is 0. The quantitative estimate of drug-likeness (QED) is 0.0494. The third-order valence-electron chi connectivity index (χ3n) is 7.43. The zero-order valence-corrected chi connectivity index (χ0v) is 30.3. The van der Waals surface area contributed by atoms with Crippen molar-refractivity contribution in [2.45, 2.75) is 193 Å². The number of carbonyl (C=O) groups is 2. The van der Waals surface area contributed by atoms with Gasteiger partial charge < -0.3 is 30.0 Å². The van der Waals surface area contributed by atoms with Crippen molar-refractivity contribution in [3.05, 3.63) is 24.3 Å². The van der Waals surface area contributed by atoms with Gasteiger partial charge in [0.1, 0.15) is 0 Å². The van der Waals surface area contributed by atoms with Gasteiger partial charge in [-0.3, -0.25) is 0 Å². The summed E-state index contributed by atoms with van der Waals surface area (Å²) in [6.07, 6.45) is 34.0. The van der Waals surface area contributed by atoms with Gasteiger partial charge in [-0.2, -0.15) is 0 Å². The number of aliphatic hydroxyl groups excluding tert-OH is 2. The van der Waals surface area contributed by atoms with Gasteiger partial charge >= 0.3 is 37.7 Å². The summed E-state index contributed by atoms with van der Waals surface area (Å²) in [5, 5.41) is 40.0. The average molecular weight is 635 g/mol. The van der Waals surface area contributed by atoms with Crippen LogP contribution in [0, 0.1) is 0 Å². The molecule has 0 heterocycles. The number of allylic oxidation sites excluding steroid dienone is 2. The van der Waals surface area contributed by atoms with Gasteiger partial charge in [0.15, 0.2) is 0 Å². The van der Waals surface area contributed by atoms with E-state index in [1.165, 1.54) is 38.5 Å². The number of rotatable bonds is 30. The van der Waals surface area contributed by atoms with Crippen LogP contribution in [0.4, 0.5) is 0 Å². The second-order valence-corrected chi connectivity index (χ2v) is 11.8. The van der Waals surface area contributed by atoms with Gasteiger partial charge in [0, 0.05) is 11.9 Å². The van der Waals surface area contributed by atoms with E-state index in [1.807, 2.05) is 0 Å². The van der Waals surface area contributed by atoms with Gasteiger partial charge in [0.05, 0.1) is 12.2 Å². The zero-order valence-electron chi connectivity index (χ0n) is 28.1. The molecule has 2 unspecified atom stereocenters. The third-order valence-corrected chi connectivity index (χ3v) is 7.43. The van der Waals surface area contributed by atoms with Crippen molar-refractivity contribution in [3.8, 4) is 0 Å². The fourth-order valence-electron chi connectivity index (χ4n) is 4.72. The molecule has 2 atom stereocenters. The second-order valence-electron chi connectivity index (χ2n) is 11.8. The van der Waals surface area contributed by atoms with Crippen molar-refractivity contribution in [2.75, 3.05) is 0 Å². The molecule has 0 bridgehead atoms. The number of carbonyl (C=O) groups excluding carboxylic acids is 2. The largest absolute Gasteiger partial charge is 2.00 e. The zero-order chi connectivity index (χ0) is 31.5. The van der Waals surface area contributed by atoms with Crippen LogP contribution in [0.25, 0.3) is 0 Å². The van der Waals surface area contributed by atoms with Crippen LogP contribution in [-0.4, -0.2) is 72.1 Å². The summed E-state index contributed by atoms with van der Waals surface area (Å²) in [6.45, 7) is 4.39. The minimum atomic E-state index is -0.939. The molecule has 0 spiro atoms. The predicted octanol–water partition coefficient (Wildman–Crippen LogP) is 7.11. The maximum Gasteiger partial charge on any atom is 2.00 e. The molecule has 0 aliphatic rings. The van der Waals surface area contributed by atoms with Crippen LogP contribution in [0.3, 0.4) is 0 Å². The van der Waals surface area contributed by atoms with Gasteiger partial charge in [-0.15, -0.1) is 0 Å². The van der Waals surface area contributed by atoms with Crippen LogP contribution in [0.1, 0.15) is 181 Å². The van der Waals surface area contributed by atoms with E-state index in [-0.39, 0.29) is 62.8 Å². The summed E-state index contributed by atoms with van der Waals surface area (Å²) in [5.41, 5.74) is 0. The van der Waals surface area contributed by atoms with Gasteiger partial charge in [-0.1, -0.05) is 128 Å². The smallest absolute Gasteiger partial charge is 0.550 e. The minimum absolute atomic E-state index is 0. The Kier molecular flexibility index (Phi) is 43.3. The number of hydrogen-bond donors (Lipinski definition) is 2. The molecule has 0 rings (SSSR count). The van der Waals surface area contributed by atoms with Crippen LogP contribution in [0.5, 0.6) is 0 Å². The molecule has 248 valence electrons. The second kappa shape index (κ2) is 39.6. The van der Waals surface area contributed by atoms with E-state index < -0.39 is 11.9 Å². The number of unbranched alkanes of at least 4 members (excludes halogenated alkanes) is 16. The van der Waals surface area contributed by atoms with Crippen molar-refractivity contribution in [1.82, 2.24) is 0 Å². The number of carboxylic acid groups (broad SMARTS) is 2. The van der Waals surface area contributed by atoms with Crippen LogP contribution in [0.2, 0.25) is 0 Å². The molecule has 0 radical (unpaired) electrons. The first kappa shape index (κ1) is 47.0. The summed E-state index contributed by atoms with van der Waals surface area (Å²) in [7, 11) is 0. The monoisotopic (exact) mass is 634 g/mol. The molecule has 0 aromatic heterocycles. The SMILES string of the molecule is CCCCCCC(O)C/C=C\CCCCCCCC(=O)[O-].CCCCCCC(O)C/C=C\CCCCCCCC(=O)[O-].[Ca+2]. The molecule has 0 saturated heterocycles. The maximum atomic E-state index is 10.2.